The Bertz CT molecular complexity index is 550. The summed E-state index contributed by atoms with van der Waals surface area (Å²) in [5, 5.41) is 2.78. The summed E-state index contributed by atoms with van der Waals surface area (Å²) in [6.07, 6.45) is 5.00. The van der Waals surface area contributed by atoms with Gasteiger partial charge in [-0.15, -0.1) is 0 Å². The fourth-order valence-corrected chi connectivity index (χ4v) is 2.11. The Morgan fingerprint density at radius 3 is 2.33 bits per heavy atom. The minimum Gasteiger partial charge on any atom is -0.294 e. The highest BCUT2D eigenvalue weighted by atomic mass is 16.2. The molecular formula is C14H13N3O. The van der Waals surface area contributed by atoms with Gasteiger partial charge in [0.25, 0.3) is 0 Å². The Morgan fingerprint density at radius 2 is 1.72 bits per heavy atom. The summed E-state index contributed by atoms with van der Waals surface area (Å²) in [7, 11) is 0. The van der Waals surface area contributed by atoms with Crippen LogP contribution in [0, 0.1) is 0 Å². The van der Waals surface area contributed by atoms with Crippen molar-refractivity contribution in [3.63, 3.8) is 0 Å². The van der Waals surface area contributed by atoms with Crippen LogP contribution in [0.1, 0.15) is 18.4 Å². The minimum atomic E-state index is -0.375. The van der Waals surface area contributed by atoms with Crippen molar-refractivity contribution in [1.29, 1.82) is 0 Å². The predicted molar refractivity (Wildman–Crippen MR) is 68.0 cm³/mol. The Morgan fingerprint density at radius 1 is 1.06 bits per heavy atom. The van der Waals surface area contributed by atoms with Gasteiger partial charge in [-0.3, -0.25) is 10.1 Å². The zero-order chi connectivity index (χ0) is 12.4. The molecule has 0 unspecified atom stereocenters. The molecule has 0 atom stereocenters. The molecule has 1 fully saturated rings. The van der Waals surface area contributed by atoms with Gasteiger partial charge in [0.15, 0.2) is 0 Å². The summed E-state index contributed by atoms with van der Waals surface area (Å²) in [5.41, 5.74) is 0.693. The smallest absolute Gasteiger partial charge is 0.237 e. The predicted octanol–water partition coefficient (Wildman–Crippen LogP) is 2.15. The number of nitrogens with zero attached hydrogens (tertiary/aromatic N) is 2. The lowest BCUT2D eigenvalue weighted by atomic mass is 9.95. The minimum absolute atomic E-state index is 0.0140. The first-order chi connectivity index (χ1) is 8.81. The van der Waals surface area contributed by atoms with Crippen molar-refractivity contribution in [3.8, 4) is 0 Å². The van der Waals surface area contributed by atoms with Crippen LogP contribution in [0.3, 0.4) is 0 Å². The van der Waals surface area contributed by atoms with Crippen LogP contribution >= 0.6 is 0 Å². The quantitative estimate of drug-likeness (QED) is 0.892. The molecule has 4 heteroatoms. The number of hydrogen-bond donors (Lipinski definition) is 1. The second kappa shape index (κ2) is 4.22. The second-order valence-corrected chi connectivity index (χ2v) is 4.47. The van der Waals surface area contributed by atoms with E-state index in [0.29, 0.717) is 5.95 Å². The Labute approximate surface area is 105 Å². The maximum Gasteiger partial charge on any atom is 0.237 e. The lowest BCUT2D eigenvalue weighted by Crippen LogP contribution is -2.28. The van der Waals surface area contributed by atoms with E-state index in [9.17, 15) is 4.79 Å². The molecule has 4 nitrogen and oxygen atoms in total. The van der Waals surface area contributed by atoms with Crippen LogP contribution in [0.25, 0.3) is 0 Å². The number of amides is 1. The normalized spacial score (nSPS) is 16.0. The van der Waals surface area contributed by atoms with Crippen LogP contribution in [-0.4, -0.2) is 15.9 Å². The third-order valence-corrected chi connectivity index (χ3v) is 3.30. The highest BCUT2D eigenvalue weighted by molar-refractivity contribution is 6.00. The molecule has 0 aliphatic heterocycles. The molecule has 1 amide bonds. The molecule has 1 N–H and O–H groups in total. The van der Waals surface area contributed by atoms with Crippen LogP contribution in [0.5, 0.6) is 0 Å². The summed E-state index contributed by atoms with van der Waals surface area (Å²) in [5.74, 6) is 0.351. The number of carbonyl (C=O) groups is 1. The van der Waals surface area contributed by atoms with E-state index >= 15 is 0 Å². The van der Waals surface area contributed by atoms with Gasteiger partial charge < -0.3 is 0 Å². The molecule has 0 saturated heterocycles. The summed E-state index contributed by atoms with van der Waals surface area (Å²) in [4.78, 5) is 20.3. The summed E-state index contributed by atoms with van der Waals surface area (Å²) < 4.78 is 0. The van der Waals surface area contributed by atoms with Gasteiger partial charge in [0.05, 0.1) is 5.41 Å². The first-order valence-corrected chi connectivity index (χ1v) is 5.95. The van der Waals surface area contributed by atoms with Crippen molar-refractivity contribution in [2.75, 3.05) is 5.32 Å². The lowest BCUT2D eigenvalue weighted by Gasteiger charge is -2.14. The van der Waals surface area contributed by atoms with Crippen LogP contribution in [-0.2, 0) is 10.2 Å². The Hall–Kier alpha value is -2.23. The fraction of sp³-hybridized carbons (Fsp3) is 0.214. The first kappa shape index (κ1) is 10.9. The molecule has 1 saturated carbocycles. The number of benzene rings is 1. The van der Waals surface area contributed by atoms with E-state index in [1.807, 2.05) is 30.3 Å². The lowest BCUT2D eigenvalue weighted by molar-refractivity contribution is -0.118. The van der Waals surface area contributed by atoms with Crippen LogP contribution in [0.4, 0.5) is 5.95 Å². The van der Waals surface area contributed by atoms with E-state index in [1.54, 1.807) is 18.5 Å². The molecule has 0 bridgehead atoms. The van der Waals surface area contributed by atoms with Gasteiger partial charge in [-0.2, -0.15) is 0 Å². The third kappa shape index (κ3) is 1.86. The molecule has 90 valence electrons. The van der Waals surface area contributed by atoms with Crippen molar-refractivity contribution in [1.82, 2.24) is 9.97 Å². The largest absolute Gasteiger partial charge is 0.294 e. The number of aromatic nitrogens is 2. The highest BCUT2D eigenvalue weighted by Gasteiger charge is 2.51. The SMILES string of the molecule is O=C(Nc1ncccn1)C1(c2ccccc2)CC1. The molecule has 1 aliphatic carbocycles. The summed E-state index contributed by atoms with van der Waals surface area (Å²) in [6, 6.07) is 11.6. The number of hydrogen-bond acceptors (Lipinski definition) is 3. The molecule has 1 aromatic heterocycles. The Balaban J connectivity index is 1.81. The zero-order valence-electron chi connectivity index (χ0n) is 9.84. The van der Waals surface area contributed by atoms with E-state index in [1.165, 1.54) is 0 Å². The maximum absolute atomic E-state index is 12.3. The van der Waals surface area contributed by atoms with Gasteiger partial charge in [0.2, 0.25) is 11.9 Å². The number of nitrogens with one attached hydrogen (secondary N) is 1. The number of carbonyl (C=O) groups excluding carboxylic acids is 1. The maximum atomic E-state index is 12.3. The molecule has 0 spiro atoms. The van der Waals surface area contributed by atoms with Crippen molar-refractivity contribution >= 4 is 11.9 Å². The van der Waals surface area contributed by atoms with Crippen LogP contribution in [0.2, 0.25) is 0 Å². The highest BCUT2D eigenvalue weighted by Crippen LogP contribution is 2.48. The van der Waals surface area contributed by atoms with Gasteiger partial charge in [0.1, 0.15) is 0 Å². The summed E-state index contributed by atoms with van der Waals surface area (Å²) in [6.45, 7) is 0. The van der Waals surface area contributed by atoms with Crippen molar-refractivity contribution < 1.29 is 4.79 Å². The van der Waals surface area contributed by atoms with E-state index in [0.717, 1.165) is 18.4 Å². The van der Waals surface area contributed by atoms with Crippen molar-refractivity contribution in [3.05, 3.63) is 54.4 Å². The topological polar surface area (TPSA) is 54.9 Å². The molecule has 2 aromatic rings. The van der Waals surface area contributed by atoms with Crippen LogP contribution in [0.15, 0.2) is 48.8 Å². The monoisotopic (exact) mass is 239 g/mol. The molecule has 0 radical (unpaired) electrons. The van der Waals surface area contributed by atoms with Gasteiger partial charge in [-0.25, -0.2) is 9.97 Å². The molecule has 1 aromatic carbocycles. The van der Waals surface area contributed by atoms with E-state index in [2.05, 4.69) is 15.3 Å². The standard InChI is InChI=1S/C14H13N3O/c18-12(17-13-15-9-4-10-16-13)14(7-8-14)11-5-2-1-3-6-11/h1-6,9-10H,7-8H2,(H,15,16,17,18). The Kier molecular flexibility index (Phi) is 2.55. The molecule has 3 rings (SSSR count). The molecule has 18 heavy (non-hydrogen) atoms. The van der Waals surface area contributed by atoms with Gasteiger partial charge in [0, 0.05) is 12.4 Å². The van der Waals surface area contributed by atoms with Crippen molar-refractivity contribution in [2.24, 2.45) is 0 Å². The van der Waals surface area contributed by atoms with E-state index in [4.69, 9.17) is 0 Å². The van der Waals surface area contributed by atoms with E-state index in [-0.39, 0.29) is 11.3 Å². The number of anilines is 1. The van der Waals surface area contributed by atoms with Crippen molar-refractivity contribution in [2.45, 2.75) is 18.3 Å². The molecule has 1 heterocycles. The van der Waals surface area contributed by atoms with E-state index < -0.39 is 0 Å². The third-order valence-electron chi connectivity index (χ3n) is 3.30. The van der Waals surface area contributed by atoms with Gasteiger partial charge >= 0.3 is 0 Å². The second-order valence-electron chi connectivity index (χ2n) is 4.47. The average Bonchev–Trinajstić information content (AvgIpc) is 3.22. The zero-order valence-corrected chi connectivity index (χ0v) is 9.84. The first-order valence-electron chi connectivity index (χ1n) is 5.95. The number of rotatable bonds is 3. The van der Waals surface area contributed by atoms with Crippen LogP contribution < -0.4 is 5.32 Å². The average molecular weight is 239 g/mol. The molecule has 1 aliphatic rings. The van der Waals surface area contributed by atoms with Gasteiger partial charge in [-0.05, 0) is 24.5 Å². The van der Waals surface area contributed by atoms with Gasteiger partial charge in [-0.1, -0.05) is 30.3 Å². The summed E-state index contributed by atoms with van der Waals surface area (Å²) >= 11 is 0. The fourth-order valence-electron chi connectivity index (χ4n) is 2.11. The molecular weight excluding hydrogens is 226 g/mol.